The van der Waals surface area contributed by atoms with Crippen molar-refractivity contribution >= 4 is 0 Å². The maximum absolute atomic E-state index is 9.97. The molecule has 21 heavy (non-hydrogen) atoms. The van der Waals surface area contributed by atoms with Gasteiger partial charge in [0.05, 0.1) is 31.5 Å². The third kappa shape index (κ3) is 4.63. The van der Waals surface area contributed by atoms with E-state index in [9.17, 15) is 5.11 Å². The molecular weight excluding hydrogens is 270 g/mol. The van der Waals surface area contributed by atoms with Gasteiger partial charge in [0.1, 0.15) is 0 Å². The van der Waals surface area contributed by atoms with Crippen molar-refractivity contribution in [2.45, 2.75) is 64.4 Å². The summed E-state index contributed by atoms with van der Waals surface area (Å²) in [7, 11) is 0. The Bertz CT molecular complexity index is 305. The van der Waals surface area contributed by atoms with Gasteiger partial charge in [-0.1, -0.05) is 13.8 Å². The normalized spacial score (nSPS) is 32.9. The smallest absolute Gasteiger partial charge is 0.0897 e. The summed E-state index contributed by atoms with van der Waals surface area (Å²) in [5.74, 6) is 0. The fourth-order valence-corrected chi connectivity index (χ4v) is 3.16. The van der Waals surface area contributed by atoms with Crippen LogP contribution in [0.5, 0.6) is 0 Å². The number of hydrogen-bond donors (Lipinski definition) is 2. The van der Waals surface area contributed by atoms with Crippen molar-refractivity contribution in [1.82, 2.24) is 5.32 Å². The van der Waals surface area contributed by atoms with Crippen LogP contribution in [0.25, 0.3) is 0 Å². The van der Waals surface area contributed by atoms with Gasteiger partial charge in [-0.3, -0.25) is 0 Å². The summed E-state index contributed by atoms with van der Waals surface area (Å²) in [6.07, 6.45) is 3.30. The Morgan fingerprint density at radius 3 is 2.86 bits per heavy atom. The fraction of sp³-hybridized carbons (Fsp3) is 1.00. The number of aliphatic hydroxyl groups excluding tert-OH is 1. The molecule has 2 N–H and O–H groups in total. The van der Waals surface area contributed by atoms with Crippen molar-refractivity contribution < 1.29 is 19.3 Å². The minimum Gasteiger partial charge on any atom is -0.389 e. The highest BCUT2D eigenvalue weighted by atomic mass is 16.5. The van der Waals surface area contributed by atoms with Crippen LogP contribution < -0.4 is 5.32 Å². The highest BCUT2D eigenvalue weighted by Gasteiger charge is 2.48. The molecule has 1 aliphatic carbocycles. The van der Waals surface area contributed by atoms with E-state index >= 15 is 0 Å². The Labute approximate surface area is 128 Å². The fourth-order valence-electron chi connectivity index (χ4n) is 3.16. The van der Waals surface area contributed by atoms with E-state index < -0.39 is 6.10 Å². The molecule has 124 valence electrons. The lowest BCUT2D eigenvalue weighted by Gasteiger charge is -2.52. The molecule has 5 nitrogen and oxygen atoms in total. The van der Waals surface area contributed by atoms with Gasteiger partial charge in [0.2, 0.25) is 0 Å². The van der Waals surface area contributed by atoms with Crippen LogP contribution in [0.3, 0.4) is 0 Å². The van der Waals surface area contributed by atoms with E-state index in [2.05, 4.69) is 19.2 Å². The molecule has 1 aliphatic heterocycles. The van der Waals surface area contributed by atoms with Crippen molar-refractivity contribution in [3.05, 3.63) is 0 Å². The van der Waals surface area contributed by atoms with Crippen molar-refractivity contribution in [1.29, 1.82) is 0 Å². The molecule has 1 heterocycles. The summed E-state index contributed by atoms with van der Waals surface area (Å²) in [6, 6.07) is 0.405. The zero-order valence-corrected chi connectivity index (χ0v) is 13.6. The van der Waals surface area contributed by atoms with Gasteiger partial charge >= 0.3 is 0 Å². The number of aliphatic hydroxyl groups is 1. The maximum Gasteiger partial charge on any atom is 0.0897 e. The number of rotatable bonds is 9. The zero-order chi connectivity index (χ0) is 15.3. The largest absolute Gasteiger partial charge is 0.389 e. The first-order valence-corrected chi connectivity index (χ1v) is 8.26. The van der Waals surface area contributed by atoms with E-state index in [4.69, 9.17) is 14.2 Å². The lowest BCUT2D eigenvalue weighted by Crippen LogP contribution is -2.61. The molecule has 0 aromatic heterocycles. The average Bonchev–Trinajstić information content (AvgIpc) is 2.95. The van der Waals surface area contributed by atoms with Crippen LogP contribution in [0.2, 0.25) is 0 Å². The Hall–Kier alpha value is -0.200. The number of nitrogens with one attached hydrogen (secondary N) is 1. The molecule has 0 amide bonds. The average molecular weight is 301 g/mol. The summed E-state index contributed by atoms with van der Waals surface area (Å²) in [6.45, 7) is 9.61. The lowest BCUT2D eigenvalue weighted by molar-refractivity contribution is -0.116. The molecule has 0 aromatic rings. The van der Waals surface area contributed by atoms with Gasteiger partial charge < -0.3 is 24.6 Å². The van der Waals surface area contributed by atoms with E-state index in [0.717, 1.165) is 32.5 Å². The maximum atomic E-state index is 9.97. The third-order valence-electron chi connectivity index (χ3n) is 4.78. The second-order valence-electron chi connectivity index (χ2n) is 6.79. The van der Waals surface area contributed by atoms with Crippen molar-refractivity contribution in [3.63, 3.8) is 0 Å². The summed E-state index contributed by atoms with van der Waals surface area (Å²) in [5.41, 5.74) is 0.133. The Kier molecular flexibility index (Phi) is 6.44. The molecule has 1 saturated carbocycles. The van der Waals surface area contributed by atoms with Gasteiger partial charge in [-0.2, -0.15) is 0 Å². The first kappa shape index (κ1) is 17.2. The minimum absolute atomic E-state index is 0.133. The van der Waals surface area contributed by atoms with Gasteiger partial charge in [0.15, 0.2) is 0 Å². The predicted molar refractivity (Wildman–Crippen MR) is 81.4 cm³/mol. The third-order valence-corrected chi connectivity index (χ3v) is 4.78. The molecule has 2 aliphatic rings. The van der Waals surface area contributed by atoms with Crippen LogP contribution >= 0.6 is 0 Å². The zero-order valence-electron chi connectivity index (χ0n) is 13.6. The minimum atomic E-state index is -0.464. The first-order chi connectivity index (χ1) is 10.0. The highest BCUT2D eigenvalue weighted by Crippen LogP contribution is 2.42. The molecule has 0 bridgehead atoms. The summed E-state index contributed by atoms with van der Waals surface area (Å²) >= 11 is 0. The van der Waals surface area contributed by atoms with Crippen LogP contribution in [0.15, 0.2) is 0 Å². The molecular formula is C16H31NO4. The molecule has 4 unspecified atom stereocenters. The van der Waals surface area contributed by atoms with E-state index in [1.807, 2.05) is 6.92 Å². The van der Waals surface area contributed by atoms with Gasteiger partial charge in [-0.25, -0.2) is 0 Å². The van der Waals surface area contributed by atoms with Crippen LogP contribution in [-0.2, 0) is 14.2 Å². The van der Waals surface area contributed by atoms with E-state index in [1.54, 1.807) is 0 Å². The van der Waals surface area contributed by atoms with Crippen molar-refractivity contribution in [2.75, 3.05) is 33.0 Å². The molecule has 0 radical (unpaired) electrons. The van der Waals surface area contributed by atoms with E-state index in [0.29, 0.717) is 31.9 Å². The van der Waals surface area contributed by atoms with Crippen molar-refractivity contribution in [3.8, 4) is 0 Å². The Balaban J connectivity index is 1.55. The van der Waals surface area contributed by atoms with Crippen molar-refractivity contribution in [2.24, 2.45) is 5.41 Å². The van der Waals surface area contributed by atoms with Crippen LogP contribution in [0, 0.1) is 5.41 Å². The number of hydrogen-bond acceptors (Lipinski definition) is 5. The highest BCUT2D eigenvalue weighted by molar-refractivity contribution is 5.02. The molecule has 0 aromatic carbocycles. The molecule has 2 fully saturated rings. The molecule has 2 rings (SSSR count). The first-order valence-electron chi connectivity index (χ1n) is 8.26. The van der Waals surface area contributed by atoms with Gasteiger partial charge in [0, 0.05) is 31.2 Å². The van der Waals surface area contributed by atoms with E-state index in [1.165, 1.54) is 0 Å². The van der Waals surface area contributed by atoms with Crippen LogP contribution in [-0.4, -0.2) is 62.4 Å². The van der Waals surface area contributed by atoms with Gasteiger partial charge in [-0.05, 0) is 26.2 Å². The molecule has 4 atom stereocenters. The van der Waals surface area contributed by atoms with Gasteiger partial charge in [-0.15, -0.1) is 0 Å². The molecule has 5 heteroatoms. The van der Waals surface area contributed by atoms with E-state index in [-0.39, 0.29) is 11.5 Å². The topological polar surface area (TPSA) is 60.0 Å². The molecule has 1 saturated heterocycles. The second-order valence-corrected chi connectivity index (χ2v) is 6.79. The Morgan fingerprint density at radius 1 is 1.43 bits per heavy atom. The summed E-state index contributed by atoms with van der Waals surface area (Å²) in [5, 5.41) is 13.4. The monoisotopic (exact) mass is 301 g/mol. The lowest BCUT2D eigenvalue weighted by atomic mass is 9.64. The second kappa shape index (κ2) is 7.88. The summed E-state index contributed by atoms with van der Waals surface area (Å²) < 4.78 is 16.7. The van der Waals surface area contributed by atoms with Crippen LogP contribution in [0.1, 0.15) is 40.0 Å². The Morgan fingerprint density at radius 2 is 2.24 bits per heavy atom. The standard InChI is InChI=1S/C16H31NO4/c1-4-20-15-8-14(16(15,2)3)17-9-12(18)10-19-11-13-6-5-7-21-13/h12-15,17-18H,4-11H2,1-3H3. The quantitative estimate of drug-likeness (QED) is 0.673. The van der Waals surface area contributed by atoms with Crippen LogP contribution in [0.4, 0.5) is 0 Å². The predicted octanol–water partition coefficient (Wildman–Crippen LogP) is 1.34. The van der Waals surface area contributed by atoms with Gasteiger partial charge in [0.25, 0.3) is 0 Å². The SMILES string of the molecule is CCOC1CC(NCC(O)COCC2CCCO2)C1(C)C. The number of ether oxygens (including phenoxy) is 3. The summed E-state index contributed by atoms with van der Waals surface area (Å²) in [4.78, 5) is 0. The molecule has 0 spiro atoms.